The first-order chi connectivity index (χ1) is 8.51. The second kappa shape index (κ2) is 6.76. The summed E-state index contributed by atoms with van der Waals surface area (Å²) in [4.78, 5) is 0. The van der Waals surface area contributed by atoms with Gasteiger partial charge in [-0.1, -0.05) is 55.5 Å². The van der Waals surface area contributed by atoms with E-state index in [-0.39, 0.29) is 12.0 Å². The summed E-state index contributed by atoms with van der Waals surface area (Å²) >= 11 is 0. The lowest BCUT2D eigenvalue weighted by molar-refractivity contribution is 0.132. The molecule has 1 aromatic carbocycles. The lowest BCUT2D eigenvalue weighted by atomic mass is 10.0. The molecule has 0 spiro atoms. The number of aliphatic hydroxyl groups excluding tert-OH is 2. The third kappa shape index (κ3) is 4.00. The number of rotatable bonds is 6. The predicted molar refractivity (Wildman–Crippen MR) is 79.9 cm³/mol. The summed E-state index contributed by atoms with van der Waals surface area (Å²) in [6.07, 6.45) is 3.14. The Labute approximate surface area is 111 Å². The average Bonchev–Trinajstić information content (AvgIpc) is 2.38. The number of benzene rings is 1. The van der Waals surface area contributed by atoms with E-state index in [4.69, 9.17) is 5.11 Å². The summed E-state index contributed by atoms with van der Waals surface area (Å²) in [5.41, 5.74) is 0. The Balaban J connectivity index is 2.85. The molecule has 2 N–H and O–H groups in total. The number of hydrogen-bond acceptors (Lipinski definition) is 2. The van der Waals surface area contributed by atoms with Gasteiger partial charge >= 0.3 is 0 Å². The van der Waals surface area contributed by atoms with Crippen molar-refractivity contribution in [1.29, 1.82) is 0 Å². The first kappa shape index (κ1) is 15.0. The molecule has 18 heavy (non-hydrogen) atoms. The summed E-state index contributed by atoms with van der Waals surface area (Å²) < 4.78 is 0. The van der Waals surface area contributed by atoms with Gasteiger partial charge in [-0.15, -0.1) is 0 Å². The maximum Gasteiger partial charge on any atom is 0.0813 e. The molecule has 3 heteroatoms. The molecule has 0 fully saturated rings. The van der Waals surface area contributed by atoms with Crippen LogP contribution in [0.4, 0.5) is 0 Å². The molecule has 0 aliphatic rings. The van der Waals surface area contributed by atoms with Gasteiger partial charge in [0.05, 0.1) is 20.4 Å². The van der Waals surface area contributed by atoms with Crippen LogP contribution in [0.25, 0.3) is 0 Å². The van der Waals surface area contributed by atoms with Gasteiger partial charge in [-0.3, -0.25) is 0 Å². The average molecular weight is 264 g/mol. The van der Waals surface area contributed by atoms with Crippen molar-refractivity contribution in [3.8, 4) is 0 Å². The van der Waals surface area contributed by atoms with Crippen molar-refractivity contribution in [3.05, 3.63) is 42.7 Å². The van der Waals surface area contributed by atoms with Crippen LogP contribution in [0, 0.1) is 5.92 Å². The van der Waals surface area contributed by atoms with Gasteiger partial charge in [-0.2, -0.15) is 0 Å². The highest BCUT2D eigenvalue weighted by Crippen LogP contribution is 2.23. The van der Waals surface area contributed by atoms with Crippen LogP contribution in [-0.4, -0.2) is 24.4 Å². The van der Waals surface area contributed by atoms with Gasteiger partial charge in [0.2, 0.25) is 0 Å². The van der Waals surface area contributed by atoms with E-state index in [0.29, 0.717) is 6.42 Å². The van der Waals surface area contributed by atoms with Gasteiger partial charge < -0.3 is 10.2 Å². The van der Waals surface area contributed by atoms with Crippen molar-refractivity contribution in [1.82, 2.24) is 0 Å². The lowest BCUT2D eigenvalue weighted by Gasteiger charge is -2.29. The smallest absolute Gasteiger partial charge is 0.0813 e. The molecule has 0 bridgehead atoms. The Kier molecular flexibility index (Phi) is 5.63. The SMILES string of the molecule is CC[C@@H](O)[C@H](/C=C\O)C[Si](C)(C)c1ccccc1. The Morgan fingerprint density at radius 3 is 2.33 bits per heavy atom. The van der Waals surface area contributed by atoms with Crippen molar-refractivity contribution >= 4 is 13.3 Å². The first-order valence-electron chi connectivity index (χ1n) is 6.55. The van der Waals surface area contributed by atoms with Crippen molar-refractivity contribution in [2.45, 2.75) is 38.6 Å². The number of aliphatic hydroxyl groups is 2. The van der Waals surface area contributed by atoms with Crippen LogP contribution >= 0.6 is 0 Å². The molecule has 0 aromatic heterocycles. The van der Waals surface area contributed by atoms with Crippen LogP contribution in [0.3, 0.4) is 0 Å². The first-order valence-corrected chi connectivity index (χ1v) is 9.76. The zero-order chi connectivity index (χ0) is 13.6. The van der Waals surface area contributed by atoms with E-state index in [2.05, 4.69) is 37.4 Å². The van der Waals surface area contributed by atoms with Gasteiger partial charge in [-0.25, -0.2) is 0 Å². The fourth-order valence-electron chi connectivity index (χ4n) is 2.34. The Hall–Kier alpha value is -1.06. The summed E-state index contributed by atoms with van der Waals surface area (Å²) in [5.74, 6) is 0.0434. The molecule has 0 heterocycles. The lowest BCUT2D eigenvalue weighted by Crippen LogP contribution is -2.44. The van der Waals surface area contributed by atoms with Crippen LogP contribution in [-0.2, 0) is 0 Å². The predicted octanol–water partition coefficient (Wildman–Crippen LogP) is 3.06. The van der Waals surface area contributed by atoms with E-state index in [9.17, 15) is 5.11 Å². The van der Waals surface area contributed by atoms with E-state index in [1.807, 2.05) is 13.0 Å². The fourth-order valence-corrected chi connectivity index (χ4v) is 5.26. The third-order valence-electron chi connectivity index (χ3n) is 3.55. The second-order valence-electron chi connectivity index (χ2n) is 5.44. The molecule has 0 aliphatic carbocycles. The number of hydrogen-bond donors (Lipinski definition) is 2. The van der Waals surface area contributed by atoms with Crippen LogP contribution < -0.4 is 5.19 Å². The van der Waals surface area contributed by atoms with Crippen LogP contribution in [0.1, 0.15) is 13.3 Å². The summed E-state index contributed by atoms with van der Waals surface area (Å²) in [6.45, 7) is 6.59. The zero-order valence-corrected chi connectivity index (χ0v) is 12.5. The summed E-state index contributed by atoms with van der Waals surface area (Å²) in [7, 11) is -1.58. The molecule has 1 aromatic rings. The second-order valence-corrected chi connectivity index (χ2v) is 10.2. The molecule has 0 unspecified atom stereocenters. The van der Waals surface area contributed by atoms with Gasteiger partial charge in [0.1, 0.15) is 0 Å². The zero-order valence-electron chi connectivity index (χ0n) is 11.5. The highest BCUT2D eigenvalue weighted by atomic mass is 28.3. The standard InChI is InChI=1S/C15H24O2Si/c1-4-15(17)13(10-11-16)12-18(2,3)14-8-6-5-7-9-14/h5-11,13,15-17H,4,12H2,1-3H3/b11-10-/t13-,15-/m1/s1. The summed E-state index contributed by atoms with van der Waals surface area (Å²) in [6, 6.07) is 11.5. The molecule has 100 valence electrons. The highest BCUT2D eigenvalue weighted by molar-refractivity contribution is 6.89. The van der Waals surface area contributed by atoms with E-state index in [1.54, 1.807) is 6.08 Å². The van der Waals surface area contributed by atoms with E-state index in [1.165, 1.54) is 5.19 Å². The van der Waals surface area contributed by atoms with Gasteiger partial charge in [-0.05, 0) is 18.5 Å². The molecule has 0 aliphatic heterocycles. The largest absolute Gasteiger partial charge is 0.516 e. The van der Waals surface area contributed by atoms with Crippen molar-refractivity contribution in [2.75, 3.05) is 0 Å². The maximum absolute atomic E-state index is 10.0. The Morgan fingerprint density at radius 1 is 1.22 bits per heavy atom. The van der Waals surface area contributed by atoms with E-state index >= 15 is 0 Å². The van der Waals surface area contributed by atoms with Crippen LogP contribution in [0.2, 0.25) is 19.1 Å². The minimum atomic E-state index is -1.58. The highest BCUT2D eigenvalue weighted by Gasteiger charge is 2.29. The topological polar surface area (TPSA) is 40.5 Å². The molecule has 2 nitrogen and oxygen atoms in total. The van der Waals surface area contributed by atoms with Crippen molar-refractivity contribution in [2.24, 2.45) is 5.92 Å². The van der Waals surface area contributed by atoms with Gasteiger partial charge in [0, 0.05) is 5.92 Å². The molecule has 0 saturated carbocycles. The fraction of sp³-hybridized carbons (Fsp3) is 0.467. The van der Waals surface area contributed by atoms with Crippen LogP contribution in [0.5, 0.6) is 0 Å². The minimum Gasteiger partial charge on any atom is -0.516 e. The molecule has 0 radical (unpaired) electrons. The normalized spacial score (nSPS) is 15.8. The minimum absolute atomic E-state index is 0.0434. The monoisotopic (exact) mass is 264 g/mol. The van der Waals surface area contributed by atoms with Gasteiger partial charge in [0.25, 0.3) is 0 Å². The molecular weight excluding hydrogens is 240 g/mol. The molecule has 2 atom stereocenters. The maximum atomic E-state index is 10.0. The van der Waals surface area contributed by atoms with Gasteiger partial charge in [0.15, 0.2) is 0 Å². The Morgan fingerprint density at radius 2 is 1.83 bits per heavy atom. The molecule has 0 saturated heterocycles. The third-order valence-corrected chi connectivity index (χ3v) is 6.94. The van der Waals surface area contributed by atoms with Crippen molar-refractivity contribution in [3.63, 3.8) is 0 Å². The van der Waals surface area contributed by atoms with E-state index in [0.717, 1.165) is 12.3 Å². The van der Waals surface area contributed by atoms with Crippen molar-refractivity contribution < 1.29 is 10.2 Å². The van der Waals surface area contributed by atoms with Crippen LogP contribution in [0.15, 0.2) is 42.7 Å². The van der Waals surface area contributed by atoms with E-state index < -0.39 is 8.07 Å². The quantitative estimate of drug-likeness (QED) is 0.612. The molecular formula is C15H24O2Si. The Bertz CT molecular complexity index is 373. The molecule has 1 rings (SSSR count). The molecule has 0 amide bonds. The summed E-state index contributed by atoms with van der Waals surface area (Å²) in [5, 5.41) is 20.4.